The van der Waals surface area contributed by atoms with Gasteiger partial charge in [0.15, 0.2) is 0 Å². The number of aromatic nitrogens is 5. The van der Waals surface area contributed by atoms with Crippen LogP contribution in [0.3, 0.4) is 0 Å². The third-order valence-electron chi connectivity index (χ3n) is 6.12. The highest BCUT2D eigenvalue weighted by Crippen LogP contribution is 2.37. The van der Waals surface area contributed by atoms with Gasteiger partial charge in [0.2, 0.25) is 0 Å². The monoisotopic (exact) mass is 480 g/mol. The molecule has 2 aromatic carbocycles. The number of rotatable bonds is 7. The molecule has 4 aromatic rings. The van der Waals surface area contributed by atoms with Crippen molar-refractivity contribution in [3.63, 3.8) is 0 Å². The molecular formula is C26H26BFN8. The first-order valence-electron chi connectivity index (χ1n) is 11.8. The van der Waals surface area contributed by atoms with E-state index in [4.69, 9.17) is 7.85 Å². The van der Waals surface area contributed by atoms with Crippen LogP contribution in [0.2, 0.25) is 0 Å². The zero-order valence-electron chi connectivity index (χ0n) is 20.5. The van der Waals surface area contributed by atoms with Crippen LogP contribution in [0, 0.1) is 22.6 Å². The molecule has 36 heavy (non-hydrogen) atoms. The van der Waals surface area contributed by atoms with E-state index in [1.807, 2.05) is 16.9 Å². The predicted molar refractivity (Wildman–Crippen MR) is 137 cm³/mol. The molecule has 0 saturated heterocycles. The predicted octanol–water partition coefficient (Wildman–Crippen LogP) is 4.51. The standard InChI is InChI=1S/C26H26BFN8/c1-25(2,3)14-30-24-21-11-19(10-16(12-29)23(21)31-15-32-24)33-26(27,17-4-6-18(28)7-5-17)22-13-36(35-34-22)20-8-9-20/h4-7,10-11,13,15,20,33H,8-9,14H2,1-3H3,(H,30,31,32). The summed E-state index contributed by atoms with van der Waals surface area (Å²) in [6, 6.07) is 12.0. The lowest BCUT2D eigenvalue weighted by Gasteiger charge is -2.31. The fourth-order valence-corrected chi connectivity index (χ4v) is 4.01. The summed E-state index contributed by atoms with van der Waals surface area (Å²) in [4.78, 5) is 8.77. The molecule has 8 nitrogen and oxygen atoms in total. The molecule has 180 valence electrons. The Morgan fingerprint density at radius 3 is 2.58 bits per heavy atom. The summed E-state index contributed by atoms with van der Waals surface area (Å²) in [6.07, 6.45) is 5.36. The first-order valence-corrected chi connectivity index (χ1v) is 11.8. The van der Waals surface area contributed by atoms with Crippen molar-refractivity contribution < 1.29 is 4.39 Å². The molecular weight excluding hydrogens is 454 g/mol. The molecule has 2 N–H and O–H groups in total. The van der Waals surface area contributed by atoms with Crippen molar-refractivity contribution >= 4 is 30.3 Å². The summed E-state index contributed by atoms with van der Waals surface area (Å²) >= 11 is 0. The highest BCUT2D eigenvalue weighted by molar-refractivity contribution is 6.19. The molecule has 0 bridgehead atoms. The van der Waals surface area contributed by atoms with Crippen LogP contribution < -0.4 is 10.6 Å². The lowest BCUT2D eigenvalue weighted by molar-refractivity contribution is 0.442. The zero-order chi connectivity index (χ0) is 25.5. The van der Waals surface area contributed by atoms with Crippen molar-refractivity contribution in [2.45, 2.75) is 45.1 Å². The minimum atomic E-state index is -1.34. The van der Waals surface area contributed by atoms with Crippen LogP contribution in [0.25, 0.3) is 10.9 Å². The third kappa shape index (κ3) is 4.74. The summed E-state index contributed by atoms with van der Waals surface area (Å²) in [7, 11) is 6.97. The van der Waals surface area contributed by atoms with E-state index in [0.29, 0.717) is 51.8 Å². The number of hydrogen-bond donors (Lipinski definition) is 2. The summed E-state index contributed by atoms with van der Waals surface area (Å²) in [5, 5.41) is 25.9. The van der Waals surface area contributed by atoms with Gasteiger partial charge in [0.1, 0.15) is 37.6 Å². The maximum absolute atomic E-state index is 13.7. The number of nitrogens with zero attached hydrogens (tertiary/aromatic N) is 6. The second-order valence-corrected chi connectivity index (χ2v) is 10.4. The molecule has 5 rings (SSSR count). The van der Waals surface area contributed by atoms with E-state index in [9.17, 15) is 9.65 Å². The van der Waals surface area contributed by atoms with Crippen molar-refractivity contribution in [1.29, 1.82) is 5.26 Å². The van der Waals surface area contributed by atoms with Crippen LogP contribution in [-0.2, 0) is 5.44 Å². The minimum absolute atomic E-state index is 0.0214. The third-order valence-corrected chi connectivity index (χ3v) is 6.12. The fraction of sp³-hybridized carbons (Fsp3) is 0.346. The van der Waals surface area contributed by atoms with Crippen LogP contribution in [0.5, 0.6) is 0 Å². The molecule has 10 heteroatoms. The van der Waals surface area contributed by atoms with Gasteiger partial charge >= 0.3 is 0 Å². The second kappa shape index (κ2) is 8.90. The van der Waals surface area contributed by atoms with Gasteiger partial charge in [0, 0.05) is 17.6 Å². The summed E-state index contributed by atoms with van der Waals surface area (Å²) < 4.78 is 15.6. The summed E-state index contributed by atoms with van der Waals surface area (Å²) in [5.74, 6) is 0.256. The minimum Gasteiger partial charge on any atom is -0.378 e. The molecule has 1 unspecified atom stereocenters. The topological polar surface area (TPSA) is 104 Å². The molecule has 0 aliphatic heterocycles. The van der Waals surface area contributed by atoms with Crippen LogP contribution in [0.15, 0.2) is 48.9 Å². The van der Waals surface area contributed by atoms with Crippen molar-refractivity contribution in [2.24, 2.45) is 5.41 Å². The number of fused-ring (bicyclic) bond motifs is 1. The Balaban J connectivity index is 1.60. The largest absolute Gasteiger partial charge is 0.378 e. The van der Waals surface area contributed by atoms with Gasteiger partial charge < -0.3 is 10.6 Å². The lowest BCUT2D eigenvalue weighted by Crippen LogP contribution is -2.38. The second-order valence-electron chi connectivity index (χ2n) is 10.4. The molecule has 1 atom stereocenters. The van der Waals surface area contributed by atoms with Gasteiger partial charge in [-0.3, -0.25) is 0 Å². The van der Waals surface area contributed by atoms with Gasteiger partial charge in [-0.15, -0.1) is 5.10 Å². The van der Waals surface area contributed by atoms with Crippen molar-refractivity contribution in [2.75, 3.05) is 17.2 Å². The first-order chi connectivity index (χ1) is 17.2. The van der Waals surface area contributed by atoms with E-state index in [1.54, 1.807) is 18.2 Å². The number of benzene rings is 2. The Bertz CT molecular complexity index is 1450. The SMILES string of the molecule is [B]C(Nc1cc(C#N)c2ncnc(NCC(C)(C)C)c2c1)(c1ccc(F)cc1)c1cn(C2CC2)nn1. The molecule has 0 amide bonds. The van der Waals surface area contributed by atoms with Crippen LogP contribution in [-0.4, -0.2) is 39.4 Å². The number of nitriles is 1. The van der Waals surface area contributed by atoms with Gasteiger partial charge in [0.25, 0.3) is 0 Å². The van der Waals surface area contributed by atoms with E-state index < -0.39 is 5.44 Å². The highest BCUT2D eigenvalue weighted by atomic mass is 19.1. The Kier molecular flexibility index (Phi) is 5.87. The highest BCUT2D eigenvalue weighted by Gasteiger charge is 2.34. The van der Waals surface area contributed by atoms with E-state index in [0.717, 1.165) is 12.8 Å². The molecule has 0 spiro atoms. The Hall–Kier alpha value is -4.00. The molecule has 1 aliphatic carbocycles. The van der Waals surface area contributed by atoms with Crippen LogP contribution in [0.4, 0.5) is 15.9 Å². The summed E-state index contributed by atoms with van der Waals surface area (Å²) in [5.41, 5.74) is 1.25. The maximum Gasteiger partial charge on any atom is 0.137 e. The average Bonchev–Trinajstić information content (AvgIpc) is 3.57. The summed E-state index contributed by atoms with van der Waals surface area (Å²) in [6.45, 7) is 7.05. The van der Waals surface area contributed by atoms with Crippen molar-refractivity contribution in [3.05, 3.63) is 71.6 Å². The van der Waals surface area contributed by atoms with Crippen LogP contribution in [0.1, 0.15) is 56.5 Å². The van der Waals surface area contributed by atoms with Gasteiger partial charge in [0.05, 0.1) is 28.8 Å². The normalized spacial score (nSPS) is 15.3. The van der Waals surface area contributed by atoms with Crippen molar-refractivity contribution in [1.82, 2.24) is 25.0 Å². The molecule has 2 heterocycles. The first kappa shape index (κ1) is 23.7. The lowest BCUT2D eigenvalue weighted by atomic mass is 9.69. The van der Waals surface area contributed by atoms with Gasteiger partial charge in [-0.1, -0.05) is 38.1 Å². The van der Waals surface area contributed by atoms with Crippen LogP contribution >= 0.6 is 0 Å². The molecule has 2 aromatic heterocycles. The molecule has 1 fully saturated rings. The van der Waals surface area contributed by atoms with Gasteiger partial charge in [-0.05, 0) is 48.1 Å². The van der Waals surface area contributed by atoms with E-state index in [1.165, 1.54) is 18.5 Å². The maximum atomic E-state index is 13.7. The molecule has 1 aliphatic rings. The van der Waals surface area contributed by atoms with Gasteiger partial charge in [-0.25, -0.2) is 19.0 Å². The Labute approximate surface area is 210 Å². The van der Waals surface area contributed by atoms with Gasteiger partial charge in [-0.2, -0.15) is 5.26 Å². The molecule has 1 saturated carbocycles. The zero-order valence-corrected chi connectivity index (χ0v) is 20.5. The van der Waals surface area contributed by atoms with E-state index in [2.05, 4.69) is 57.8 Å². The van der Waals surface area contributed by atoms with E-state index >= 15 is 0 Å². The number of anilines is 2. The molecule has 2 radical (unpaired) electrons. The number of halogens is 1. The Morgan fingerprint density at radius 2 is 1.92 bits per heavy atom. The number of nitrogens with one attached hydrogen (secondary N) is 2. The van der Waals surface area contributed by atoms with Crippen molar-refractivity contribution in [3.8, 4) is 6.07 Å². The van der Waals surface area contributed by atoms with E-state index in [-0.39, 0.29) is 11.2 Å². The Morgan fingerprint density at radius 1 is 1.17 bits per heavy atom. The average molecular weight is 480 g/mol. The fourth-order valence-electron chi connectivity index (χ4n) is 4.01. The number of hydrogen-bond acceptors (Lipinski definition) is 7. The smallest absolute Gasteiger partial charge is 0.137 e. The quantitative estimate of drug-likeness (QED) is 0.375.